The summed E-state index contributed by atoms with van der Waals surface area (Å²) in [6, 6.07) is 12.1. The van der Waals surface area contributed by atoms with Crippen molar-refractivity contribution in [2.75, 3.05) is 5.32 Å². The summed E-state index contributed by atoms with van der Waals surface area (Å²) in [4.78, 5) is 4.21. The molecule has 102 valence electrons. The van der Waals surface area contributed by atoms with Crippen molar-refractivity contribution in [1.82, 2.24) is 4.98 Å². The maximum Gasteiger partial charge on any atom is 0.134 e. The third-order valence-electron chi connectivity index (χ3n) is 3.40. The van der Waals surface area contributed by atoms with Gasteiger partial charge in [0.1, 0.15) is 15.9 Å². The minimum absolute atomic E-state index is 0.0721. The highest BCUT2D eigenvalue weighted by molar-refractivity contribution is 9.10. The van der Waals surface area contributed by atoms with Crippen molar-refractivity contribution in [3.05, 3.63) is 58.5 Å². The van der Waals surface area contributed by atoms with Crippen LogP contribution in [-0.4, -0.2) is 4.98 Å². The predicted octanol–water partition coefficient (Wildman–Crippen LogP) is 5.07. The second-order valence-corrected chi connectivity index (χ2v) is 5.55. The molecule has 3 nitrogen and oxygen atoms in total. The van der Waals surface area contributed by atoms with Gasteiger partial charge in [-0.2, -0.15) is 0 Å². The minimum Gasteiger partial charge on any atom is -0.459 e. The molecule has 3 aromatic rings. The van der Waals surface area contributed by atoms with E-state index in [4.69, 9.17) is 4.42 Å². The molecule has 2 aromatic heterocycles. The van der Waals surface area contributed by atoms with Crippen molar-refractivity contribution >= 4 is 32.6 Å². The summed E-state index contributed by atoms with van der Waals surface area (Å²) in [7, 11) is 0. The first-order valence-electron chi connectivity index (χ1n) is 6.52. The lowest BCUT2D eigenvalue weighted by atomic mass is 10.1. The molecule has 4 heteroatoms. The average Bonchev–Trinajstić information content (AvgIpc) is 2.79. The van der Waals surface area contributed by atoms with Crippen LogP contribution < -0.4 is 5.32 Å². The van der Waals surface area contributed by atoms with Crippen molar-refractivity contribution in [2.24, 2.45) is 0 Å². The molecule has 1 atom stereocenters. The third-order valence-corrected chi connectivity index (χ3v) is 4.04. The van der Waals surface area contributed by atoms with Gasteiger partial charge < -0.3 is 9.73 Å². The largest absolute Gasteiger partial charge is 0.459 e. The number of pyridine rings is 1. The van der Waals surface area contributed by atoms with Gasteiger partial charge in [-0.3, -0.25) is 0 Å². The van der Waals surface area contributed by atoms with E-state index in [1.54, 1.807) is 6.20 Å². The molecule has 20 heavy (non-hydrogen) atoms. The number of fused-ring (bicyclic) bond motifs is 1. The van der Waals surface area contributed by atoms with Gasteiger partial charge in [0.25, 0.3) is 0 Å². The van der Waals surface area contributed by atoms with Crippen LogP contribution >= 0.6 is 15.9 Å². The summed E-state index contributed by atoms with van der Waals surface area (Å²) in [5.74, 6) is 0.960. The Kier molecular flexibility index (Phi) is 3.49. The van der Waals surface area contributed by atoms with E-state index >= 15 is 0 Å². The topological polar surface area (TPSA) is 38.1 Å². The molecule has 0 saturated heterocycles. The Balaban J connectivity index is 1.95. The molecule has 0 radical (unpaired) electrons. The Hall–Kier alpha value is -1.81. The molecule has 0 bridgehead atoms. The Labute approximate surface area is 126 Å². The number of anilines is 1. The molecule has 0 aliphatic rings. The molecule has 1 unspecified atom stereocenters. The number of para-hydroxylation sites is 1. The average molecular weight is 331 g/mol. The van der Waals surface area contributed by atoms with Crippen molar-refractivity contribution in [2.45, 2.75) is 19.9 Å². The maximum absolute atomic E-state index is 5.97. The van der Waals surface area contributed by atoms with Crippen LogP contribution in [0.3, 0.4) is 0 Å². The van der Waals surface area contributed by atoms with Crippen molar-refractivity contribution in [1.29, 1.82) is 0 Å². The molecule has 2 heterocycles. The minimum atomic E-state index is 0.0721. The van der Waals surface area contributed by atoms with E-state index in [0.717, 1.165) is 21.6 Å². The van der Waals surface area contributed by atoms with Crippen LogP contribution in [0.1, 0.15) is 24.3 Å². The molecule has 0 amide bonds. The number of hydrogen-bond donors (Lipinski definition) is 1. The zero-order valence-corrected chi connectivity index (χ0v) is 12.9. The number of halogens is 1. The molecule has 0 fully saturated rings. The molecule has 1 N–H and O–H groups in total. The van der Waals surface area contributed by atoms with Crippen molar-refractivity contribution < 1.29 is 4.42 Å². The first-order valence-corrected chi connectivity index (χ1v) is 7.31. The number of aryl methyl sites for hydroxylation is 1. The molecule has 0 aliphatic heterocycles. The van der Waals surface area contributed by atoms with Gasteiger partial charge in [-0.25, -0.2) is 4.98 Å². The summed E-state index contributed by atoms with van der Waals surface area (Å²) in [6.07, 6.45) is 1.76. The molecular weight excluding hydrogens is 316 g/mol. The molecule has 0 spiro atoms. The summed E-state index contributed by atoms with van der Waals surface area (Å²) in [5.41, 5.74) is 3.07. The number of furan rings is 1. The zero-order chi connectivity index (χ0) is 14.1. The van der Waals surface area contributed by atoms with Crippen LogP contribution in [0.4, 0.5) is 5.69 Å². The first kappa shape index (κ1) is 13.2. The highest BCUT2D eigenvalue weighted by atomic mass is 79.9. The SMILES string of the molecule is Cc1c(C(C)Nc2cccnc2Br)oc2ccccc12. The highest BCUT2D eigenvalue weighted by Crippen LogP contribution is 2.32. The quantitative estimate of drug-likeness (QED) is 0.681. The van der Waals surface area contributed by atoms with E-state index < -0.39 is 0 Å². The number of benzene rings is 1. The van der Waals surface area contributed by atoms with Gasteiger partial charge in [-0.15, -0.1) is 0 Å². The summed E-state index contributed by atoms with van der Waals surface area (Å²) in [5, 5.41) is 4.59. The lowest BCUT2D eigenvalue weighted by Gasteiger charge is -2.14. The van der Waals surface area contributed by atoms with Gasteiger partial charge in [0.15, 0.2) is 0 Å². The standard InChI is InChI=1S/C16H15BrN2O/c1-10-12-6-3-4-8-14(12)20-15(10)11(2)19-13-7-5-9-18-16(13)17/h3-9,11,19H,1-2H3. The smallest absolute Gasteiger partial charge is 0.134 e. The van der Waals surface area contributed by atoms with Gasteiger partial charge in [0, 0.05) is 17.1 Å². The first-order chi connectivity index (χ1) is 9.66. The number of rotatable bonds is 3. The summed E-state index contributed by atoms with van der Waals surface area (Å²) < 4.78 is 6.78. The number of hydrogen-bond acceptors (Lipinski definition) is 3. The second-order valence-electron chi connectivity index (χ2n) is 4.80. The van der Waals surface area contributed by atoms with E-state index in [0.29, 0.717) is 0 Å². The Morgan fingerprint density at radius 1 is 1.20 bits per heavy atom. The fourth-order valence-corrected chi connectivity index (χ4v) is 2.76. The number of nitrogens with one attached hydrogen (secondary N) is 1. The van der Waals surface area contributed by atoms with Gasteiger partial charge in [0.2, 0.25) is 0 Å². The van der Waals surface area contributed by atoms with E-state index in [2.05, 4.69) is 46.1 Å². The summed E-state index contributed by atoms with van der Waals surface area (Å²) >= 11 is 3.45. The van der Waals surface area contributed by atoms with Crippen molar-refractivity contribution in [3.8, 4) is 0 Å². The normalized spacial score (nSPS) is 12.6. The van der Waals surface area contributed by atoms with Crippen LogP contribution in [0.5, 0.6) is 0 Å². The van der Waals surface area contributed by atoms with Crippen LogP contribution in [0, 0.1) is 6.92 Å². The van der Waals surface area contributed by atoms with Gasteiger partial charge in [0.05, 0.1) is 11.7 Å². The Morgan fingerprint density at radius 3 is 2.75 bits per heavy atom. The molecule has 1 aromatic carbocycles. The third kappa shape index (κ3) is 2.31. The Bertz CT molecular complexity index is 751. The molecule has 0 aliphatic carbocycles. The highest BCUT2D eigenvalue weighted by Gasteiger charge is 2.17. The fraction of sp³-hybridized carbons (Fsp3) is 0.188. The van der Waals surface area contributed by atoms with Gasteiger partial charge in [-0.1, -0.05) is 18.2 Å². The monoisotopic (exact) mass is 330 g/mol. The number of aromatic nitrogens is 1. The fourth-order valence-electron chi connectivity index (χ4n) is 2.40. The van der Waals surface area contributed by atoms with E-state index in [-0.39, 0.29) is 6.04 Å². The lowest BCUT2D eigenvalue weighted by molar-refractivity contribution is 0.522. The van der Waals surface area contributed by atoms with Crippen molar-refractivity contribution in [3.63, 3.8) is 0 Å². The van der Waals surface area contributed by atoms with Crippen LogP contribution in [0.25, 0.3) is 11.0 Å². The van der Waals surface area contributed by atoms with Gasteiger partial charge >= 0.3 is 0 Å². The molecule has 3 rings (SSSR count). The predicted molar refractivity (Wildman–Crippen MR) is 84.9 cm³/mol. The second kappa shape index (κ2) is 5.29. The Morgan fingerprint density at radius 2 is 2.00 bits per heavy atom. The van der Waals surface area contributed by atoms with E-state index in [1.165, 1.54) is 10.9 Å². The van der Waals surface area contributed by atoms with Crippen LogP contribution in [0.2, 0.25) is 0 Å². The van der Waals surface area contributed by atoms with E-state index in [9.17, 15) is 0 Å². The molecular formula is C16H15BrN2O. The van der Waals surface area contributed by atoms with Crippen LogP contribution in [0.15, 0.2) is 51.6 Å². The summed E-state index contributed by atoms with van der Waals surface area (Å²) in [6.45, 7) is 4.18. The lowest BCUT2D eigenvalue weighted by Crippen LogP contribution is -2.07. The van der Waals surface area contributed by atoms with Gasteiger partial charge in [-0.05, 0) is 48.0 Å². The zero-order valence-electron chi connectivity index (χ0n) is 11.4. The maximum atomic E-state index is 5.97. The van der Waals surface area contributed by atoms with Crippen LogP contribution in [-0.2, 0) is 0 Å². The number of nitrogens with zero attached hydrogens (tertiary/aromatic N) is 1. The molecule has 0 saturated carbocycles. The van der Waals surface area contributed by atoms with E-state index in [1.807, 2.05) is 30.3 Å².